The Morgan fingerprint density at radius 3 is 2.30 bits per heavy atom. The van der Waals surface area contributed by atoms with Crippen LogP contribution in [-0.2, 0) is 19.9 Å². The predicted octanol–water partition coefficient (Wildman–Crippen LogP) is 3.52. The second-order valence-electron chi connectivity index (χ2n) is 7.51. The zero-order valence-electron chi connectivity index (χ0n) is 17.4. The van der Waals surface area contributed by atoms with Gasteiger partial charge in [-0.15, -0.1) is 0 Å². The highest BCUT2D eigenvalue weighted by Crippen LogP contribution is 2.62. The van der Waals surface area contributed by atoms with Crippen LogP contribution in [0.4, 0.5) is 0 Å². The van der Waals surface area contributed by atoms with Crippen LogP contribution in [0.1, 0.15) is 40.9 Å². The van der Waals surface area contributed by atoms with Crippen molar-refractivity contribution in [3.05, 3.63) is 70.8 Å². The Hall–Kier alpha value is -4.53. The average Bonchev–Trinajstić information content (AvgIpc) is 3.03. The van der Waals surface area contributed by atoms with E-state index in [1.807, 2.05) is 0 Å². The van der Waals surface area contributed by atoms with Crippen LogP contribution in [0.3, 0.4) is 0 Å². The number of aromatic hydroxyl groups is 2. The zero-order chi connectivity index (χ0) is 23.5. The molecule has 166 valence electrons. The fourth-order valence-electron chi connectivity index (χ4n) is 4.24. The highest BCUT2D eigenvalue weighted by atomic mass is 16.6. The lowest BCUT2D eigenvalue weighted by Gasteiger charge is -2.37. The van der Waals surface area contributed by atoms with Gasteiger partial charge in [0.05, 0.1) is 11.1 Å². The first kappa shape index (κ1) is 20.4. The molecular formula is C24H16O9. The first-order chi connectivity index (χ1) is 15.7. The molecule has 9 nitrogen and oxygen atoms in total. The summed E-state index contributed by atoms with van der Waals surface area (Å²) in [6.45, 7) is 2.25. The largest absolute Gasteiger partial charge is 0.508 e. The predicted molar refractivity (Wildman–Crippen MR) is 111 cm³/mol. The minimum absolute atomic E-state index is 0.0257. The minimum Gasteiger partial charge on any atom is -0.508 e. The highest BCUT2D eigenvalue weighted by molar-refractivity contribution is 5.97. The summed E-state index contributed by atoms with van der Waals surface area (Å²) in [7, 11) is 0. The third-order valence-corrected chi connectivity index (χ3v) is 5.36. The molecule has 1 atom stereocenters. The van der Waals surface area contributed by atoms with E-state index in [0.717, 1.165) is 19.9 Å². The van der Waals surface area contributed by atoms with Crippen LogP contribution in [0.5, 0.6) is 34.5 Å². The fraction of sp³-hybridized carbons (Fsp3) is 0.125. The summed E-state index contributed by atoms with van der Waals surface area (Å²) in [5.41, 5.74) is -0.626. The van der Waals surface area contributed by atoms with E-state index in [0.29, 0.717) is 11.1 Å². The Bertz CT molecular complexity index is 1370. The molecule has 1 spiro atoms. The van der Waals surface area contributed by atoms with Crippen LogP contribution >= 0.6 is 0 Å². The molecule has 0 amide bonds. The Kier molecular flexibility index (Phi) is 4.32. The molecule has 33 heavy (non-hydrogen) atoms. The van der Waals surface area contributed by atoms with Gasteiger partial charge in [-0.05, 0) is 18.2 Å². The number of benzene rings is 3. The van der Waals surface area contributed by atoms with Gasteiger partial charge in [0, 0.05) is 37.1 Å². The molecule has 2 aliphatic heterocycles. The lowest BCUT2D eigenvalue weighted by Crippen LogP contribution is -2.34. The third-order valence-electron chi connectivity index (χ3n) is 5.36. The van der Waals surface area contributed by atoms with Gasteiger partial charge in [-0.25, -0.2) is 4.79 Å². The Morgan fingerprint density at radius 2 is 1.58 bits per heavy atom. The highest BCUT2D eigenvalue weighted by Gasteiger charge is 2.56. The molecule has 1 unspecified atom stereocenters. The molecule has 0 aromatic heterocycles. The number of hydrogen-bond acceptors (Lipinski definition) is 9. The van der Waals surface area contributed by atoms with Crippen LogP contribution < -0.4 is 14.2 Å². The molecule has 0 saturated heterocycles. The summed E-state index contributed by atoms with van der Waals surface area (Å²) in [4.78, 5) is 36.7. The number of hydrogen-bond donors (Lipinski definition) is 2. The van der Waals surface area contributed by atoms with Crippen molar-refractivity contribution in [3.63, 3.8) is 0 Å². The summed E-state index contributed by atoms with van der Waals surface area (Å²) in [6.07, 6.45) is 0. The molecule has 0 bridgehead atoms. The Morgan fingerprint density at radius 1 is 0.879 bits per heavy atom. The van der Waals surface area contributed by atoms with Crippen molar-refractivity contribution >= 4 is 17.9 Å². The molecule has 0 aliphatic carbocycles. The molecule has 5 rings (SSSR count). The van der Waals surface area contributed by atoms with Gasteiger partial charge in [0.15, 0.2) is 17.1 Å². The molecule has 0 radical (unpaired) electrons. The molecular weight excluding hydrogens is 432 g/mol. The summed E-state index contributed by atoms with van der Waals surface area (Å²) in [5.74, 6) is -3.49. The summed E-state index contributed by atoms with van der Waals surface area (Å²) < 4.78 is 22.4. The lowest BCUT2D eigenvalue weighted by atomic mass is 9.77. The summed E-state index contributed by atoms with van der Waals surface area (Å²) >= 11 is 0. The molecule has 2 heterocycles. The van der Waals surface area contributed by atoms with E-state index >= 15 is 0 Å². The topological polar surface area (TPSA) is 129 Å². The van der Waals surface area contributed by atoms with Gasteiger partial charge >= 0.3 is 17.9 Å². The normalized spacial score (nSPS) is 17.3. The number of rotatable bonds is 2. The van der Waals surface area contributed by atoms with Crippen molar-refractivity contribution in [1.29, 1.82) is 0 Å². The van der Waals surface area contributed by atoms with Crippen molar-refractivity contribution in [2.24, 2.45) is 0 Å². The van der Waals surface area contributed by atoms with Crippen LogP contribution in [-0.4, -0.2) is 28.1 Å². The molecule has 0 saturated carbocycles. The fourth-order valence-corrected chi connectivity index (χ4v) is 4.24. The molecule has 2 aliphatic rings. The summed E-state index contributed by atoms with van der Waals surface area (Å²) in [5, 5.41) is 20.6. The number of carbonyl (C=O) groups is 3. The molecule has 9 heteroatoms. The maximum atomic E-state index is 12.9. The number of phenolic OH excluding ortho intramolecular Hbond substituents is 2. The van der Waals surface area contributed by atoms with Crippen LogP contribution in [0.15, 0.2) is 48.5 Å². The van der Waals surface area contributed by atoms with Gasteiger partial charge in [-0.1, -0.05) is 18.2 Å². The molecule has 0 fully saturated rings. The van der Waals surface area contributed by atoms with E-state index in [2.05, 4.69) is 0 Å². The van der Waals surface area contributed by atoms with Gasteiger partial charge in [-0.2, -0.15) is 0 Å². The van der Waals surface area contributed by atoms with E-state index in [1.54, 1.807) is 24.3 Å². The van der Waals surface area contributed by atoms with Gasteiger partial charge in [0.25, 0.3) is 0 Å². The first-order valence-corrected chi connectivity index (χ1v) is 9.84. The first-order valence-electron chi connectivity index (χ1n) is 9.84. The molecule has 3 aromatic rings. The van der Waals surface area contributed by atoms with Crippen molar-refractivity contribution in [3.8, 4) is 34.5 Å². The summed E-state index contributed by atoms with van der Waals surface area (Å²) in [6, 6.07) is 12.0. The maximum Gasteiger partial charge on any atom is 0.340 e. The molecule has 3 aromatic carbocycles. The third kappa shape index (κ3) is 2.89. The number of ether oxygens (including phenoxy) is 4. The molecule has 2 N–H and O–H groups in total. The van der Waals surface area contributed by atoms with E-state index in [9.17, 15) is 24.6 Å². The van der Waals surface area contributed by atoms with Crippen molar-refractivity contribution in [2.45, 2.75) is 19.4 Å². The SMILES string of the molecule is CC(=O)Oc1c(O)cc2c(c1OC(C)=O)C1(OC(=O)c3ccccc31)c1ccc(O)cc1O2. The van der Waals surface area contributed by atoms with Gasteiger partial charge in [0.2, 0.25) is 5.75 Å². The standard InChI is InChI=1S/C24H16O9/c1-11(25)30-21-17(28)10-19-20(22(21)31-12(2)26)24(16-8-7-13(27)9-18(16)32-19)15-6-4-3-5-14(15)23(29)33-24/h3-10,27-28H,1-2H3. The Labute approximate surface area is 186 Å². The maximum absolute atomic E-state index is 12.9. The number of fused-ring (bicyclic) bond motifs is 6. The van der Waals surface area contributed by atoms with E-state index in [1.165, 1.54) is 18.2 Å². The van der Waals surface area contributed by atoms with Crippen LogP contribution in [0.2, 0.25) is 0 Å². The average molecular weight is 448 g/mol. The van der Waals surface area contributed by atoms with Crippen LogP contribution in [0, 0.1) is 0 Å². The van der Waals surface area contributed by atoms with E-state index < -0.39 is 35.0 Å². The van der Waals surface area contributed by atoms with E-state index in [-0.39, 0.29) is 34.1 Å². The smallest absolute Gasteiger partial charge is 0.340 e. The monoisotopic (exact) mass is 448 g/mol. The van der Waals surface area contributed by atoms with Crippen molar-refractivity contribution in [2.75, 3.05) is 0 Å². The zero-order valence-corrected chi connectivity index (χ0v) is 17.4. The minimum atomic E-state index is -1.68. The van der Waals surface area contributed by atoms with Crippen molar-refractivity contribution in [1.82, 2.24) is 0 Å². The number of carbonyl (C=O) groups excluding carboxylic acids is 3. The quantitative estimate of drug-likeness (QED) is 0.447. The Balaban J connectivity index is 1.94. The van der Waals surface area contributed by atoms with Gasteiger partial charge in [-0.3, -0.25) is 9.59 Å². The van der Waals surface area contributed by atoms with Gasteiger partial charge < -0.3 is 29.2 Å². The van der Waals surface area contributed by atoms with Crippen molar-refractivity contribution < 1.29 is 43.5 Å². The van der Waals surface area contributed by atoms with Gasteiger partial charge in [0.1, 0.15) is 17.2 Å². The number of esters is 3. The second kappa shape index (κ2) is 6.99. The second-order valence-corrected chi connectivity index (χ2v) is 7.51. The number of phenols is 2. The lowest BCUT2D eigenvalue weighted by molar-refractivity contribution is -0.134. The van der Waals surface area contributed by atoms with E-state index in [4.69, 9.17) is 18.9 Å². The van der Waals surface area contributed by atoms with Crippen LogP contribution in [0.25, 0.3) is 0 Å².